The molecule has 8 heteroatoms. The van der Waals surface area contributed by atoms with E-state index in [0.29, 0.717) is 11.3 Å². The average Bonchev–Trinajstić information content (AvgIpc) is 3.08. The molecule has 0 saturated heterocycles. The molecule has 0 aliphatic heterocycles. The van der Waals surface area contributed by atoms with Crippen molar-refractivity contribution in [3.63, 3.8) is 0 Å². The summed E-state index contributed by atoms with van der Waals surface area (Å²) < 4.78 is 16.6. The van der Waals surface area contributed by atoms with E-state index >= 15 is 0 Å². The van der Waals surface area contributed by atoms with Gasteiger partial charge < -0.3 is 5.32 Å². The Morgan fingerprint density at radius 1 is 1.30 bits per heavy atom. The van der Waals surface area contributed by atoms with Crippen molar-refractivity contribution in [2.75, 3.05) is 5.32 Å². The van der Waals surface area contributed by atoms with Crippen LogP contribution >= 0.6 is 11.6 Å². The lowest BCUT2D eigenvalue weighted by atomic mass is 10.2. The second-order valence-corrected chi connectivity index (χ2v) is 5.34. The van der Waals surface area contributed by atoms with Gasteiger partial charge in [0.15, 0.2) is 0 Å². The Kier molecular flexibility index (Phi) is 4.12. The summed E-state index contributed by atoms with van der Waals surface area (Å²) in [7, 11) is 1.63. The average molecular weight is 334 g/mol. The topological polar surface area (TPSA) is 64.7 Å². The van der Waals surface area contributed by atoms with Crippen molar-refractivity contribution in [2.24, 2.45) is 7.05 Å². The Labute approximate surface area is 136 Å². The van der Waals surface area contributed by atoms with Crippen molar-refractivity contribution in [3.05, 3.63) is 65.0 Å². The molecule has 0 bridgehead atoms. The third-order valence-electron chi connectivity index (χ3n) is 3.29. The summed E-state index contributed by atoms with van der Waals surface area (Å²) in [4.78, 5) is 12.2. The summed E-state index contributed by atoms with van der Waals surface area (Å²) in [5.41, 5.74) is 1.26. The van der Waals surface area contributed by atoms with Gasteiger partial charge in [0.1, 0.15) is 11.5 Å². The van der Waals surface area contributed by atoms with Gasteiger partial charge >= 0.3 is 0 Å². The van der Waals surface area contributed by atoms with Crippen LogP contribution in [0.3, 0.4) is 0 Å². The van der Waals surface area contributed by atoms with Crippen LogP contribution in [0.15, 0.2) is 42.9 Å². The van der Waals surface area contributed by atoms with E-state index in [2.05, 4.69) is 15.5 Å². The van der Waals surface area contributed by atoms with Gasteiger partial charge in [0.25, 0.3) is 5.91 Å². The number of nitrogens with zero attached hydrogens (tertiary/aromatic N) is 4. The van der Waals surface area contributed by atoms with E-state index in [-0.39, 0.29) is 29.0 Å². The molecule has 2 heterocycles. The first kappa shape index (κ1) is 15.2. The van der Waals surface area contributed by atoms with E-state index in [4.69, 9.17) is 11.6 Å². The monoisotopic (exact) mass is 333 g/mol. The fourth-order valence-corrected chi connectivity index (χ4v) is 2.42. The zero-order valence-electron chi connectivity index (χ0n) is 12.2. The van der Waals surface area contributed by atoms with Crippen LogP contribution in [0.2, 0.25) is 5.02 Å². The van der Waals surface area contributed by atoms with Gasteiger partial charge in [-0.25, -0.2) is 4.39 Å². The number of hydrogen-bond acceptors (Lipinski definition) is 3. The van der Waals surface area contributed by atoms with Crippen LogP contribution in [-0.4, -0.2) is 25.5 Å². The molecule has 0 spiro atoms. The maximum atomic E-state index is 13.6. The molecule has 2 aromatic heterocycles. The molecular formula is C15H13ClFN5O. The summed E-state index contributed by atoms with van der Waals surface area (Å²) >= 11 is 5.93. The SMILES string of the molecule is Cn1ncc(Cl)c1C(=O)Nc1cnn(Cc2ccccc2F)c1. The minimum Gasteiger partial charge on any atom is -0.318 e. The van der Waals surface area contributed by atoms with Gasteiger partial charge in [-0.15, -0.1) is 0 Å². The maximum Gasteiger partial charge on any atom is 0.275 e. The first-order valence-electron chi connectivity index (χ1n) is 6.79. The number of aromatic nitrogens is 4. The summed E-state index contributed by atoms with van der Waals surface area (Å²) in [5.74, 6) is -0.685. The number of benzene rings is 1. The van der Waals surface area contributed by atoms with Crippen LogP contribution in [-0.2, 0) is 13.6 Å². The lowest BCUT2D eigenvalue weighted by Gasteiger charge is -2.04. The number of hydrogen-bond donors (Lipinski definition) is 1. The molecule has 1 amide bonds. The standard InChI is InChI=1S/C15H13ClFN5O/c1-21-14(12(16)7-18-21)15(23)20-11-6-19-22(9-11)8-10-4-2-3-5-13(10)17/h2-7,9H,8H2,1H3,(H,20,23). The number of nitrogens with one attached hydrogen (secondary N) is 1. The van der Waals surface area contributed by atoms with Crippen LogP contribution in [0.5, 0.6) is 0 Å². The molecular weight excluding hydrogens is 321 g/mol. The van der Waals surface area contributed by atoms with Gasteiger partial charge in [-0.3, -0.25) is 14.2 Å². The zero-order valence-corrected chi connectivity index (χ0v) is 13.0. The summed E-state index contributed by atoms with van der Waals surface area (Å²) in [5, 5.41) is 11.0. The summed E-state index contributed by atoms with van der Waals surface area (Å²) in [6, 6.07) is 6.47. The Morgan fingerprint density at radius 2 is 2.09 bits per heavy atom. The zero-order chi connectivity index (χ0) is 16.4. The Bertz CT molecular complexity index is 838. The van der Waals surface area contributed by atoms with Crippen molar-refractivity contribution in [1.29, 1.82) is 0 Å². The normalized spacial score (nSPS) is 10.7. The fraction of sp³-hybridized carbons (Fsp3) is 0.133. The van der Waals surface area contributed by atoms with Gasteiger partial charge in [0.2, 0.25) is 0 Å². The van der Waals surface area contributed by atoms with E-state index in [1.165, 1.54) is 23.1 Å². The molecule has 0 saturated carbocycles. The molecule has 6 nitrogen and oxygen atoms in total. The van der Waals surface area contributed by atoms with Gasteiger partial charge in [-0.1, -0.05) is 29.8 Å². The first-order chi connectivity index (χ1) is 11.0. The summed E-state index contributed by atoms with van der Waals surface area (Å²) in [6.07, 6.45) is 4.51. The maximum absolute atomic E-state index is 13.6. The highest BCUT2D eigenvalue weighted by Crippen LogP contribution is 2.16. The number of rotatable bonds is 4. The van der Waals surface area contributed by atoms with Gasteiger partial charge in [-0.2, -0.15) is 10.2 Å². The molecule has 0 fully saturated rings. The molecule has 23 heavy (non-hydrogen) atoms. The van der Waals surface area contributed by atoms with E-state index in [1.807, 2.05) is 0 Å². The Hall–Kier alpha value is -2.67. The fourth-order valence-electron chi connectivity index (χ4n) is 2.17. The third kappa shape index (κ3) is 3.24. The quantitative estimate of drug-likeness (QED) is 0.798. The number of halogens is 2. The molecule has 0 aliphatic rings. The lowest BCUT2D eigenvalue weighted by Crippen LogP contribution is -2.16. The lowest BCUT2D eigenvalue weighted by molar-refractivity contribution is 0.101. The molecule has 1 aromatic carbocycles. The molecule has 0 radical (unpaired) electrons. The first-order valence-corrected chi connectivity index (χ1v) is 7.17. The van der Waals surface area contributed by atoms with Crippen LogP contribution < -0.4 is 5.32 Å². The second-order valence-electron chi connectivity index (χ2n) is 4.94. The van der Waals surface area contributed by atoms with E-state index in [1.54, 1.807) is 36.1 Å². The van der Waals surface area contributed by atoms with Crippen molar-refractivity contribution in [3.8, 4) is 0 Å². The smallest absolute Gasteiger partial charge is 0.275 e. The minimum absolute atomic E-state index is 0.258. The minimum atomic E-state index is -0.388. The van der Waals surface area contributed by atoms with E-state index in [0.717, 1.165) is 0 Å². The number of amides is 1. The Balaban J connectivity index is 1.73. The van der Waals surface area contributed by atoms with Gasteiger partial charge in [0, 0.05) is 18.8 Å². The molecule has 0 unspecified atom stereocenters. The molecule has 0 aliphatic carbocycles. The van der Waals surface area contributed by atoms with Crippen LogP contribution in [0.1, 0.15) is 16.1 Å². The molecule has 3 aromatic rings. The highest BCUT2D eigenvalue weighted by Gasteiger charge is 2.16. The molecule has 0 atom stereocenters. The highest BCUT2D eigenvalue weighted by atomic mass is 35.5. The van der Waals surface area contributed by atoms with E-state index < -0.39 is 0 Å². The predicted octanol–water partition coefficient (Wildman–Crippen LogP) is 2.71. The van der Waals surface area contributed by atoms with Crippen LogP contribution in [0, 0.1) is 5.82 Å². The molecule has 1 N–H and O–H groups in total. The van der Waals surface area contributed by atoms with Crippen molar-refractivity contribution < 1.29 is 9.18 Å². The number of carbonyl (C=O) groups excluding carboxylic acids is 1. The van der Waals surface area contributed by atoms with Gasteiger partial charge in [-0.05, 0) is 6.07 Å². The van der Waals surface area contributed by atoms with Crippen molar-refractivity contribution in [2.45, 2.75) is 6.54 Å². The largest absolute Gasteiger partial charge is 0.318 e. The number of aryl methyl sites for hydroxylation is 1. The van der Waals surface area contributed by atoms with Crippen molar-refractivity contribution >= 4 is 23.2 Å². The Morgan fingerprint density at radius 3 is 2.78 bits per heavy atom. The van der Waals surface area contributed by atoms with Gasteiger partial charge in [0.05, 0.1) is 29.6 Å². The van der Waals surface area contributed by atoms with E-state index in [9.17, 15) is 9.18 Å². The number of anilines is 1. The predicted molar refractivity (Wildman–Crippen MR) is 83.9 cm³/mol. The van der Waals surface area contributed by atoms with Crippen LogP contribution in [0.4, 0.5) is 10.1 Å². The number of carbonyl (C=O) groups is 1. The van der Waals surface area contributed by atoms with Crippen LogP contribution in [0.25, 0.3) is 0 Å². The molecule has 3 rings (SSSR count). The second kappa shape index (κ2) is 6.21. The highest BCUT2D eigenvalue weighted by molar-refractivity contribution is 6.34. The third-order valence-corrected chi connectivity index (χ3v) is 3.57. The molecule has 118 valence electrons. The summed E-state index contributed by atoms with van der Waals surface area (Å²) in [6.45, 7) is 0.273. The van der Waals surface area contributed by atoms with Crippen molar-refractivity contribution in [1.82, 2.24) is 19.6 Å².